The molecule has 0 bridgehead atoms. The molecule has 0 saturated carbocycles. The van der Waals surface area contributed by atoms with E-state index in [9.17, 15) is 9.59 Å². The van der Waals surface area contributed by atoms with Crippen molar-refractivity contribution in [3.63, 3.8) is 0 Å². The number of nitrogens with one attached hydrogen (secondary N) is 3. The molecule has 1 unspecified atom stereocenters. The van der Waals surface area contributed by atoms with Crippen molar-refractivity contribution in [2.75, 3.05) is 10.6 Å². The fourth-order valence-corrected chi connectivity index (χ4v) is 4.83. The molecule has 7 heteroatoms. The van der Waals surface area contributed by atoms with E-state index in [0.717, 1.165) is 39.2 Å². The molecule has 1 atom stereocenters. The number of aromatic nitrogens is 1. The predicted octanol–water partition coefficient (Wildman–Crippen LogP) is 5.60. The molecule has 0 saturated heterocycles. The maximum Gasteiger partial charge on any atom is 0.253 e. The molecule has 1 aliphatic rings. The third kappa shape index (κ3) is 4.36. The standard InChI is InChI=1S/C26H24N4O2S/c1-2-6-16-9-12-22(28-14-16)30-24-23(25(31)26(24)32)29-21-15-27-20-11-10-18(13-19(20)21)33-17-7-4-3-5-8-17/h3-5,7-11,13-15,22,27,29-30H,2,6,12H2,1H3. The van der Waals surface area contributed by atoms with Gasteiger partial charge in [0.2, 0.25) is 0 Å². The van der Waals surface area contributed by atoms with E-state index in [2.05, 4.69) is 57.9 Å². The Morgan fingerprint density at radius 2 is 1.88 bits per heavy atom. The molecular weight excluding hydrogens is 432 g/mol. The summed E-state index contributed by atoms with van der Waals surface area (Å²) in [7, 11) is 0. The van der Waals surface area contributed by atoms with Crippen molar-refractivity contribution in [1.82, 2.24) is 4.98 Å². The molecule has 1 aromatic heterocycles. The summed E-state index contributed by atoms with van der Waals surface area (Å²) in [4.78, 5) is 34.6. The van der Waals surface area contributed by atoms with Crippen LogP contribution in [0.15, 0.2) is 90.7 Å². The Kier molecular flexibility index (Phi) is 5.88. The number of benzene rings is 2. The zero-order valence-electron chi connectivity index (χ0n) is 18.2. The van der Waals surface area contributed by atoms with Crippen molar-refractivity contribution in [3.8, 4) is 0 Å². The number of aromatic amines is 1. The summed E-state index contributed by atoms with van der Waals surface area (Å²) in [6.07, 6.45) is 8.32. The third-order valence-corrected chi connectivity index (χ3v) is 6.67. The van der Waals surface area contributed by atoms with Crippen LogP contribution in [0.25, 0.3) is 10.9 Å². The first-order valence-corrected chi connectivity index (χ1v) is 11.9. The fraction of sp³-hybridized carbons (Fsp3) is 0.192. The number of anilines is 3. The molecule has 0 amide bonds. The Morgan fingerprint density at radius 1 is 1.06 bits per heavy atom. The maximum atomic E-state index is 12.3. The van der Waals surface area contributed by atoms with Crippen molar-refractivity contribution in [1.29, 1.82) is 0 Å². The molecule has 4 aromatic rings. The van der Waals surface area contributed by atoms with Crippen LogP contribution in [0.4, 0.5) is 17.1 Å². The summed E-state index contributed by atoms with van der Waals surface area (Å²) in [5.41, 5.74) is 2.50. The summed E-state index contributed by atoms with van der Waals surface area (Å²) in [5, 5.41) is 7.28. The molecule has 5 rings (SSSR count). The number of H-pyrrole nitrogens is 1. The van der Waals surface area contributed by atoms with E-state index in [4.69, 9.17) is 0 Å². The Morgan fingerprint density at radius 3 is 2.64 bits per heavy atom. The number of fused-ring (bicyclic) bond motifs is 1. The second kappa shape index (κ2) is 9.11. The van der Waals surface area contributed by atoms with E-state index < -0.39 is 10.9 Å². The van der Waals surface area contributed by atoms with Crippen LogP contribution in [0.2, 0.25) is 0 Å². The SMILES string of the molecule is CCCC1=CCC(Nc2c(Nc3c[nH]c4ccc(Sc5ccccc5)cc34)c(=O)c2=O)N=C1. The van der Waals surface area contributed by atoms with Gasteiger partial charge in [0, 0.05) is 39.5 Å². The lowest BCUT2D eigenvalue weighted by atomic mass is 10.1. The summed E-state index contributed by atoms with van der Waals surface area (Å²) in [5.74, 6) is 0. The van der Waals surface area contributed by atoms with Crippen LogP contribution in [-0.2, 0) is 0 Å². The first kappa shape index (κ1) is 21.3. The van der Waals surface area contributed by atoms with E-state index in [1.807, 2.05) is 36.7 Å². The third-order valence-electron chi connectivity index (χ3n) is 5.68. The monoisotopic (exact) mass is 456 g/mol. The lowest BCUT2D eigenvalue weighted by Crippen LogP contribution is -2.38. The first-order valence-electron chi connectivity index (χ1n) is 11.1. The van der Waals surface area contributed by atoms with Gasteiger partial charge in [0.1, 0.15) is 17.5 Å². The van der Waals surface area contributed by atoms with Gasteiger partial charge in [-0.2, -0.15) is 0 Å². The van der Waals surface area contributed by atoms with Crippen molar-refractivity contribution in [2.45, 2.75) is 42.1 Å². The molecular formula is C26H24N4O2S. The van der Waals surface area contributed by atoms with Gasteiger partial charge in [0.25, 0.3) is 10.9 Å². The van der Waals surface area contributed by atoms with Crippen LogP contribution in [0.3, 0.4) is 0 Å². The summed E-state index contributed by atoms with van der Waals surface area (Å²) in [6, 6.07) is 16.3. The Balaban J connectivity index is 1.36. The molecule has 3 aromatic carbocycles. The van der Waals surface area contributed by atoms with Crippen LogP contribution in [0.5, 0.6) is 0 Å². The number of aliphatic imine (C=N–C) groups is 1. The lowest BCUT2D eigenvalue weighted by molar-refractivity contribution is 0.756. The minimum Gasteiger partial charge on any atom is -0.359 e. The van der Waals surface area contributed by atoms with Gasteiger partial charge in [-0.3, -0.25) is 14.6 Å². The molecule has 0 fully saturated rings. The highest BCUT2D eigenvalue weighted by molar-refractivity contribution is 7.99. The highest BCUT2D eigenvalue weighted by Gasteiger charge is 2.24. The van der Waals surface area contributed by atoms with Crippen molar-refractivity contribution in [2.24, 2.45) is 4.99 Å². The number of nitrogens with zero attached hydrogens (tertiary/aromatic N) is 1. The number of hydrogen-bond acceptors (Lipinski definition) is 6. The van der Waals surface area contributed by atoms with E-state index in [0.29, 0.717) is 17.8 Å². The smallest absolute Gasteiger partial charge is 0.253 e. The second-order valence-corrected chi connectivity index (χ2v) is 9.21. The first-order chi connectivity index (χ1) is 16.1. The highest BCUT2D eigenvalue weighted by atomic mass is 32.2. The van der Waals surface area contributed by atoms with Crippen molar-refractivity contribution in [3.05, 3.63) is 86.8 Å². The van der Waals surface area contributed by atoms with Gasteiger partial charge in [-0.15, -0.1) is 0 Å². The average molecular weight is 457 g/mol. The molecule has 0 spiro atoms. The lowest BCUT2D eigenvalue weighted by Gasteiger charge is -2.21. The quantitative estimate of drug-likeness (QED) is 0.301. The largest absolute Gasteiger partial charge is 0.359 e. The minimum absolute atomic E-state index is 0.244. The van der Waals surface area contributed by atoms with Gasteiger partial charge in [0.15, 0.2) is 0 Å². The fourth-order valence-electron chi connectivity index (χ4n) is 3.95. The van der Waals surface area contributed by atoms with Crippen LogP contribution >= 0.6 is 11.8 Å². The maximum absolute atomic E-state index is 12.3. The predicted molar refractivity (Wildman–Crippen MR) is 137 cm³/mol. The van der Waals surface area contributed by atoms with Crippen LogP contribution in [0.1, 0.15) is 26.2 Å². The minimum atomic E-state index is -0.510. The van der Waals surface area contributed by atoms with Gasteiger partial charge in [-0.1, -0.05) is 49.4 Å². The molecule has 0 radical (unpaired) electrons. The van der Waals surface area contributed by atoms with Gasteiger partial charge < -0.3 is 15.6 Å². The Bertz CT molecular complexity index is 1430. The van der Waals surface area contributed by atoms with Gasteiger partial charge in [-0.25, -0.2) is 0 Å². The normalized spacial score (nSPS) is 15.7. The highest BCUT2D eigenvalue weighted by Crippen LogP contribution is 2.34. The Labute approximate surface area is 195 Å². The zero-order chi connectivity index (χ0) is 22.8. The summed E-state index contributed by atoms with van der Waals surface area (Å²) < 4.78 is 0. The van der Waals surface area contributed by atoms with E-state index >= 15 is 0 Å². The van der Waals surface area contributed by atoms with Crippen LogP contribution in [-0.4, -0.2) is 17.4 Å². The van der Waals surface area contributed by atoms with Crippen LogP contribution < -0.4 is 21.5 Å². The average Bonchev–Trinajstić information content (AvgIpc) is 3.25. The number of hydrogen-bond donors (Lipinski definition) is 3. The molecule has 2 heterocycles. The summed E-state index contributed by atoms with van der Waals surface area (Å²) in [6.45, 7) is 2.13. The van der Waals surface area contributed by atoms with Gasteiger partial charge in [0.05, 0.1) is 5.69 Å². The van der Waals surface area contributed by atoms with Crippen LogP contribution in [0, 0.1) is 0 Å². The van der Waals surface area contributed by atoms with E-state index in [-0.39, 0.29) is 6.17 Å². The summed E-state index contributed by atoms with van der Waals surface area (Å²) >= 11 is 1.67. The molecule has 3 N–H and O–H groups in total. The topological polar surface area (TPSA) is 86.3 Å². The van der Waals surface area contributed by atoms with Gasteiger partial charge >= 0.3 is 0 Å². The number of dihydropyridines is 1. The molecule has 0 aliphatic carbocycles. The second-order valence-electron chi connectivity index (χ2n) is 8.06. The number of rotatable bonds is 8. The molecule has 33 heavy (non-hydrogen) atoms. The van der Waals surface area contributed by atoms with Crippen molar-refractivity contribution >= 4 is 45.9 Å². The van der Waals surface area contributed by atoms with E-state index in [1.54, 1.807) is 11.8 Å². The zero-order valence-corrected chi connectivity index (χ0v) is 19.0. The molecule has 1 aliphatic heterocycles. The van der Waals surface area contributed by atoms with Crippen molar-refractivity contribution < 1.29 is 0 Å². The Hall–Kier alpha value is -3.58. The van der Waals surface area contributed by atoms with Gasteiger partial charge in [-0.05, 0) is 42.3 Å². The molecule has 166 valence electrons. The number of allylic oxidation sites excluding steroid dienone is 1. The molecule has 6 nitrogen and oxygen atoms in total. The van der Waals surface area contributed by atoms with E-state index in [1.165, 1.54) is 5.57 Å².